The van der Waals surface area contributed by atoms with Crippen LogP contribution in [0.2, 0.25) is 0 Å². The molecule has 1 aliphatic rings. The maximum absolute atomic E-state index is 11.6. The lowest BCUT2D eigenvalue weighted by Crippen LogP contribution is -2.43. The molecule has 0 spiro atoms. The Balaban J connectivity index is 2.75. The van der Waals surface area contributed by atoms with Gasteiger partial charge in [0.15, 0.2) is 9.84 Å². The SMILES string of the molecule is CCCC(C)CC1(O)CCCC1S(C)(=O)=O. The van der Waals surface area contributed by atoms with E-state index in [0.29, 0.717) is 25.2 Å². The molecule has 3 nitrogen and oxygen atoms in total. The van der Waals surface area contributed by atoms with E-state index >= 15 is 0 Å². The van der Waals surface area contributed by atoms with E-state index in [1.165, 1.54) is 6.26 Å². The van der Waals surface area contributed by atoms with E-state index in [4.69, 9.17) is 0 Å². The van der Waals surface area contributed by atoms with Crippen molar-refractivity contribution in [2.75, 3.05) is 6.26 Å². The summed E-state index contributed by atoms with van der Waals surface area (Å²) in [5, 5.41) is 9.96. The van der Waals surface area contributed by atoms with Gasteiger partial charge in [-0.1, -0.05) is 26.7 Å². The number of sulfone groups is 1. The van der Waals surface area contributed by atoms with Crippen LogP contribution < -0.4 is 0 Å². The number of aliphatic hydroxyl groups is 1. The lowest BCUT2D eigenvalue weighted by molar-refractivity contribution is 0.0264. The van der Waals surface area contributed by atoms with Gasteiger partial charge in [-0.3, -0.25) is 0 Å². The third-order valence-electron chi connectivity index (χ3n) is 3.68. The average Bonchev–Trinajstić information content (AvgIpc) is 2.46. The van der Waals surface area contributed by atoms with Gasteiger partial charge in [-0.15, -0.1) is 0 Å². The van der Waals surface area contributed by atoms with Gasteiger partial charge in [0, 0.05) is 6.26 Å². The molecule has 1 rings (SSSR count). The Kier molecular flexibility index (Phi) is 4.41. The van der Waals surface area contributed by atoms with Crippen LogP contribution in [0.1, 0.15) is 52.4 Å². The summed E-state index contributed by atoms with van der Waals surface area (Å²) in [5.41, 5.74) is -0.970. The van der Waals surface area contributed by atoms with Gasteiger partial charge in [-0.05, 0) is 31.6 Å². The minimum atomic E-state index is -3.12. The molecule has 0 bridgehead atoms. The first-order chi connectivity index (χ1) is 7.29. The first kappa shape index (κ1) is 14.0. The Morgan fingerprint density at radius 3 is 2.62 bits per heavy atom. The van der Waals surface area contributed by atoms with Crippen LogP contribution in [0.5, 0.6) is 0 Å². The fourth-order valence-electron chi connectivity index (χ4n) is 3.07. The van der Waals surface area contributed by atoms with Crippen molar-refractivity contribution < 1.29 is 13.5 Å². The maximum atomic E-state index is 11.6. The summed E-state index contributed by atoms with van der Waals surface area (Å²) < 4.78 is 23.3. The molecule has 1 aliphatic carbocycles. The highest BCUT2D eigenvalue weighted by Crippen LogP contribution is 2.39. The molecule has 96 valence electrons. The monoisotopic (exact) mass is 248 g/mol. The van der Waals surface area contributed by atoms with Gasteiger partial charge in [-0.25, -0.2) is 8.42 Å². The molecule has 3 atom stereocenters. The zero-order valence-corrected chi connectivity index (χ0v) is 11.4. The van der Waals surface area contributed by atoms with E-state index in [-0.39, 0.29) is 0 Å². The van der Waals surface area contributed by atoms with Gasteiger partial charge in [0.1, 0.15) is 0 Å². The van der Waals surface area contributed by atoms with Crippen LogP contribution in [-0.2, 0) is 9.84 Å². The minimum Gasteiger partial charge on any atom is -0.389 e. The molecule has 0 aromatic heterocycles. The molecule has 1 saturated carbocycles. The van der Waals surface area contributed by atoms with Crippen LogP contribution in [0.4, 0.5) is 0 Å². The molecule has 0 aliphatic heterocycles. The molecule has 1 fully saturated rings. The van der Waals surface area contributed by atoms with Crippen molar-refractivity contribution in [3.63, 3.8) is 0 Å². The Morgan fingerprint density at radius 1 is 1.50 bits per heavy atom. The number of hydrogen-bond acceptors (Lipinski definition) is 3. The highest BCUT2D eigenvalue weighted by molar-refractivity contribution is 7.91. The molecule has 0 aromatic carbocycles. The molecule has 0 saturated heterocycles. The van der Waals surface area contributed by atoms with Crippen LogP contribution in [0.15, 0.2) is 0 Å². The summed E-state index contributed by atoms with van der Waals surface area (Å²) in [7, 11) is -3.12. The van der Waals surface area contributed by atoms with Crippen molar-refractivity contribution in [3.05, 3.63) is 0 Å². The molecule has 16 heavy (non-hydrogen) atoms. The van der Waals surface area contributed by atoms with E-state index in [9.17, 15) is 13.5 Å². The van der Waals surface area contributed by atoms with Crippen LogP contribution >= 0.6 is 0 Å². The summed E-state index contributed by atoms with van der Waals surface area (Å²) in [6.45, 7) is 4.21. The van der Waals surface area contributed by atoms with Crippen molar-refractivity contribution in [2.24, 2.45) is 5.92 Å². The normalized spacial score (nSPS) is 32.9. The molecule has 4 heteroatoms. The van der Waals surface area contributed by atoms with Crippen molar-refractivity contribution >= 4 is 9.84 Å². The van der Waals surface area contributed by atoms with Crippen molar-refractivity contribution in [3.8, 4) is 0 Å². The Morgan fingerprint density at radius 2 is 2.12 bits per heavy atom. The van der Waals surface area contributed by atoms with Gasteiger partial charge in [0.2, 0.25) is 0 Å². The predicted molar refractivity (Wildman–Crippen MR) is 66.1 cm³/mol. The first-order valence-corrected chi connectivity index (χ1v) is 8.16. The molecule has 1 N–H and O–H groups in total. The number of rotatable bonds is 5. The fraction of sp³-hybridized carbons (Fsp3) is 1.00. The van der Waals surface area contributed by atoms with E-state index in [2.05, 4.69) is 13.8 Å². The van der Waals surface area contributed by atoms with Crippen LogP contribution in [-0.4, -0.2) is 30.6 Å². The summed E-state index contributed by atoms with van der Waals surface area (Å²) in [4.78, 5) is 0. The highest BCUT2D eigenvalue weighted by atomic mass is 32.2. The van der Waals surface area contributed by atoms with Crippen molar-refractivity contribution in [2.45, 2.75) is 63.2 Å². The maximum Gasteiger partial charge on any atom is 0.153 e. The second-order valence-electron chi connectivity index (χ2n) is 5.41. The Labute approximate surface area is 99.2 Å². The quantitative estimate of drug-likeness (QED) is 0.811. The van der Waals surface area contributed by atoms with Gasteiger partial charge in [0.05, 0.1) is 10.9 Å². The molecule has 0 aromatic rings. The predicted octanol–water partition coefficient (Wildman–Crippen LogP) is 2.14. The second-order valence-corrected chi connectivity index (χ2v) is 7.64. The molecule has 0 amide bonds. The molecule has 0 heterocycles. The van der Waals surface area contributed by atoms with Gasteiger partial charge >= 0.3 is 0 Å². The summed E-state index contributed by atoms with van der Waals surface area (Å²) >= 11 is 0. The van der Waals surface area contributed by atoms with Crippen LogP contribution in [0.25, 0.3) is 0 Å². The van der Waals surface area contributed by atoms with E-state index < -0.39 is 20.7 Å². The Bertz CT molecular complexity index is 323. The van der Waals surface area contributed by atoms with Gasteiger partial charge < -0.3 is 5.11 Å². The fourth-order valence-corrected chi connectivity index (χ4v) is 4.67. The molecular weight excluding hydrogens is 224 g/mol. The third kappa shape index (κ3) is 3.20. The average molecular weight is 248 g/mol. The van der Waals surface area contributed by atoms with Crippen LogP contribution in [0, 0.1) is 5.92 Å². The lowest BCUT2D eigenvalue weighted by Gasteiger charge is -2.31. The third-order valence-corrected chi connectivity index (χ3v) is 5.38. The van der Waals surface area contributed by atoms with E-state index in [1.54, 1.807) is 0 Å². The van der Waals surface area contributed by atoms with Crippen LogP contribution in [0.3, 0.4) is 0 Å². The zero-order valence-electron chi connectivity index (χ0n) is 10.6. The Hall–Kier alpha value is -0.0900. The lowest BCUT2D eigenvalue weighted by atomic mass is 9.87. The van der Waals surface area contributed by atoms with Crippen molar-refractivity contribution in [1.82, 2.24) is 0 Å². The van der Waals surface area contributed by atoms with Gasteiger partial charge in [-0.2, -0.15) is 0 Å². The summed E-state index contributed by atoms with van der Waals surface area (Å²) in [5.74, 6) is 0.400. The van der Waals surface area contributed by atoms with Gasteiger partial charge in [0.25, 0.3) is 0 Å². The minimum absolute atomic E-state index is 0.400. The number of hydrogen-bond donors (Lipinski definition) is 1. The first-order valence-electron chi connectivity index (χ1n) is 6.21. The highest BCUT2D eigenvalue weighted by Gasteiger charge is 2.47. The van der Waals surface area contributed by atoms with E-state index in [1.807, 2.05) is 0 Å². The molecule has 0 radical (unpaired) electrons. The second kappa shape index (κ2) is 5.05. The summed E-state index contributed by atoms with van der Waals surface area (Å²) in [6, 6.07) is 0. The molecular formula is C12H24O3S. The molecule has 3 unspecified atom stereocenters. The topological polar surface area (TPSA) is 54.4 Å². The standard InChI is InChI=1S/C12H24O3S/c1-4-6-10(2)9-12(13)8-5-7-11(12)16(3,14)15/h10-11,13H,4-9H2,1-3H3. The largest absolute Gasteiger partial charge is 0.389 e. The zero-order chi connectivity index (χ0) is 12.4. The smallest absolute Gasteiger partial charge is 0.153 e. The van der Waals surface area contributed by atoms with E-state index in [0.717, 1.165) is 19.3 Å². The summed E-state index contributed by atoms with van der Waals surface area (Å²) in [6.07, 6.45) is 6.09. The van der Waals surface area contributed by atoms with Crippen molar-refractivity contribution in [1.29, 1.82) is 0 Å².